The van der Waals surface area contributed by atoms with Gasteiger partial charge < -0.3 is 9.47 Å². The van der Waals surface area contributed by atoms with Gasteiger partial charge in [-0.05, 0) is 57.7 Å². The van der Waals surface area contributed by atoms with E-state index in [9.17, 15) is 4.79 Å². The highest BCUT2D eigenvalue weighted by Gasteiger charge is 2.29. The number of imidazole rings is 1. The molecule has 3 aromatic rings. The van der Waals surface area contributed by atoms with E-state index in [1.54, 1.807) is 0 Å². The highest BCUT2D eigenvalue weighted by Crippen LogP contribution is 2.31. The Morgan fingerprint density at radius 1 is 1.17 bits per heavy atom. The van der Waals surface area contributed by atoms with Gasteiger partial charge in [-0.25, -0.2) is 4.98 Å². The summed E-state index contributed by atoms with van der Waals surface area (Å²) in [6.45, 7) is 8.17. The molecule has 4 nitrogen and oxygen atoms in total. The van der Waals surface area contributed by atoms with E-state index < -0.39 is 0 Å². The SMILES string of the molecule is Cc1cccc(CCC(=O)N2CCCC(c3nc4ccccc4n3C(C)C)C2)c1. The molecule has 152 valence electrons. The van der Waals surface area contributed by atoms with Gasteiger partial charge >= 0.3 is 0 Å². The monoisotopic (exact) mass is 389 g/mol. The quantitative estimate of drug-likeness (QED) is 0.597. The maximum atomic E-state index is 12.9. The number of amides is 1. The Kier molecular flexibility index (Phi) is 5.70. The standard InChI is InChI=1S/C25H31N3O/c1-18(2)28-23-12-5-4-11-22(23)26-25(28)21-10-7-15-27(17-21)24(29)14-13-20-9-6-8-19(3)16-20/h4-6,8-9,11-12,16,18,21H,7,10,13-15,17H2,1-3H3. The van der Waals surface area contributed by atoms with E-state index in [1.165, 1.54) is 16.6 Å². The second-order valence-electron chi connectivity index (χ2n) is 8.59. The van der Waals surface area contributed by atoms with E-state index in [0.29, 0.717) is 18.4 Å². The molecule has 2 heterocycles. The summed E-state index contributed by atoms with van der Waals surface area (Å²) in [4.78, 5) is 20.0. The number of piperidine rings is 1. The van der Waals surface area contributed by atoms with E-state index in [2.05, 4.69) is 72.7 Å². The fraction of sp³-hybridized carbons (Fsp3) is 0.440. The van der Waals surface area contributed by atoms with Crippen molar-refractivity contribution in [2.45, 2.75) is 58.4 Å². The molecule has 1 saturated heterocycles. The lowest BCUT2D eigenvalue weighted by Gasteiger charge is -2.33. The number of nitrogens with zero attached hydrogens (tertiary/aromatic N) is 3. The molecule has 4 rings (SSSR count). The molecule has 1 amide bonds. The molecule has 29 heavy (non-hydrogen) atoms. The third kappa shape index (κ3) is 4.21. The summed E-state index contributed by atoms with van der Waals surface area (Å²) in [5, 5.41) is 0. The topological polar surface area (TPSA) is 38.1 Å². The fourth-order valence-electron chi connectivity index (χ4n) is 4.59. The zero-order valence-electron chi connectivity index (χ0n) is 17.8. The zero-order chi connectivity index (χ0) is 20.4. The summed E-state index contributed by atoms with van der Waals surface area (Å²) in [6, 6.07) is 17.2. The molecule has 1 aliphatic heterocycles. The minimum absolute atomic E-state index is 0.267. The summed E-state index contributed by atoms with van der Waals surface area (Å²) in [5.41, 5.74) is 4.74. The van der Waals surface area contributed by atoms with Crippen LogP contribution in [0.5, 0.6) is 0 Å². The lowest BCUT2D eigenvalue weighted by molar-refractivity contribution is -0.132. The third-order valence-electron chi connectivity index (χ3n) is 5.99. The molecule has 1 fully saturated rings. The van der Waals surface area contributed by atoms with Gasteiger partial charge in [0.2, 0.25) is 5.91 Å². The minimum Gasteiger partial charge on any atom is -0.342 e. The van der Waals surface area contributed by atoms with E-state index in [1.807, 2.05) is 6.07 Å². The molecule has 1 aliphatic rings. The predicted octanol–water partition coefficient (Wildman–Crippen LogP) is 5.26. The number of aromatic nitrogens is 2. The molecular weight excluding hydrogens is 358 g/mol. The van der Waals surface area contributed by atoms with Gasteiger partial charge in [-0.15, -0.1) is 0 Å². The van der Waals surface area contributed by atoms with E-state index >= 15 is 0 Å². The highest BCUT2D eigenvalue weighted by atomic mass is 16.2. The predicted molar refractivity (Wildman–Crippen MR) is 118 cm³/mol. The molecule has 0 saturated carbocycles. The van der Waals surface area contributed by atoms with Gasteiger partial charge in [-0.1, -0.05) is 42.0 Å². The molecular formula is C25H31N3O. The van der Waals surface area contributed by atoms with E-state index in [-0.39, 0.29) is 5.91 Å². The number of rotatable bonds is 5. The van der Waals surface area contributed by atoms with Crippen molar-refractivity contribution in [2.75, 3.05) is 13.1 Å². The van der Waals surface area contributed by atoms with Crippen LogP contribution in [0, 0.1) is 6.92 Å². The normalized spacial score (nSPS) is 17.2. The largest absolute Gasteiger partial charge is 0.342 e. The number of likely N-dealkylation sites (tertiary alicyclic amines) is 1. The molecule has 4 heteroatoms. The summed E-state index contributed by atoms with van der Waals surface area (Å²) >= 11 is 0. The van der Waals surface area contributed by atoms with Crippen LogP contribution in [0.25, 0.3) is 11.0 Å². The van der Waals surface area contributed by atoms with Gasteiger partial charge in [0, 0.05) is 31.5 Å². The van der Waals surface area contributed by atoms with Crippen LogP contribution < -0.4 is 0 Å². The maximum Gasteiger partial charge on any atom is 0.222 e. The summed E-state index contributed by atoms with van der Waals surface area (Å²) in [7, 11) is 0. The number of hydrogen-bond acceptors (Lipinski definition) is 2. The van der Waals surface area contributed by atoms with Crippen molar-refractivity contribution in [2.24, 2.45) is 0 Å². The first kappa shape index (κ1) is 19.7. The van der Waals surface area contributed by atoms with E-state index in [4.69, 9.17) is 4.98 Å². The molecule has 2 aromatic carbocycles. The summed E-state index contributed by atoms with van der Waals surface area (Å²) in [5.74, 6) is 1.71. The lowest BCUT2D eigenvalue weighted by Crippen LogP contribution is -2.40. The summed E-state index contributed by atoms with van der Waals surface area (Å²) in [6.07, 6.45) is 3.53. The number of para-hydroxylation sites is 2. The molecule has 0 bridgehead atoms. The molecule has 1 atom stereocenters. The number of benzene rings is 2. The molecule has 0 radical (unpaired) electrons. The Labute approximate surface area is 173 Å². The first-order chi connectivity index (χ1) is 14.0. The van der Waals surface area contributed by atoms with Crippen LogP contribution in [0.2, 0.25) is 0 Å². The van der Waals surface area contributed by atoms with Crippen LogP contribution in [0.1, 0.15) is 62.0 Å². The van der Waals surface area contributed by atoms with Gasteiger partial charge in [0.1, 0.15) is 5.82 Å². The second kappa shape index (κ2) is 8.40. The lowest BCUT2D eigenvalue weighted by atomic mass is 9.96. The molecule has 0 spiro atoms. The van der Waals surface area contributed by atoms with Crippen molar-refractivity contribution >= 4 is 16.9 Å². The third-order valence-corrected chi connectivity index (χ3v) is 5.99. The van der Waals surface area contributed by atoms with Crippen molar-refractivity contribution in [3.63, 3.8) is 0 Å². The average molecular weight is 390 g/mol. The number of carbonyl (C=O) groups excluding carboxylic acids is 1. The first-order valence-corrected chi connectivity index (χ1v) is 10.8. The number of aryl methyl sites for hydroxylation is 2. The van der Waals surface area contributed by atoms with Crippen LogP contribution in [0.15, 0.2) is 48.5 Å². The zero-order valence-corrected chi connectivity index (χ0v) is 17.8. The van der Waals surface area contributed by atoms with Gasteiger partial charge in [0.15, 0.2) is 0 Å². The molecule has 1 unspecified atom stereocenters. The van der Waals surface area contributed by atoms with Gasteiger partial charge in [0.05, 0.1) is 11.0 Å². The van der Waals surface area contributed by atoms with E-state index in [0.717, 1.165) is 43.7 Å². The Morgan fingerprint density at radius 3 is 2.79 bits per heavy atom. The van der Waals surface area contributed by atoms with Crippen LogP contribution in [-0.4, -0.2) is 33.4 Å². The Bertz CT molecular complexity index is 1000. The maximum absolute atomic E-state index is 12.9. The number of hydrogen-bond donors (Lipinski definition) is 0. The number of fused-ring (bicyclic) bond motifs is 1. The Morgan fingerprint density at radius 2 is 2.00 bits per heavy atom. The van der Waals surface area contributed by atoms with Gasteiger partial charge in [-0.2, -0.15) is 0 Å². The van der Waals surface area contributed by atoms with Crippen molar-refractivity contribution in [3.05, 3.63) is 65.5 Å². The van der Waals surface area contributed by atoms with Crippen molar-refractivity contribution < 1.29 is 4.79 Å². The molecule has 1 aromatic heterocycles. The van der Waals surface area contributed by atoms with Crippen LogP contribution in [0.3, 0.4) is 0 Å². The van der Waals surface area contributed by atoms with Gasteiger partial charge in [0.25, 0.3) is 0 Å². The second-order valence-corrected chi connectivity index (χ2v) is 8.59. The highest BCUT2D eigenvalue weighted by molar-refractivity contribution is 5.77. The molecule has 0 aliphatic carbocycles. The Balaban J connectivity index is 1.49. The molecule has 0 N–H and O–H groups in total. The van der Waals surface area contributed by atoms with Crippen molar-refractivity contribution in [1.29, 1.82) is 0 Å². The fourth-order valence-corrected chi connectivity index (χ4v) is 4.59. The van der Waals surface area contributed by atoms with Crippen LogP contribution in [0.4, 0.5) is 0 Å². The number of carbonyl (C=O) groups is 1. The minimum atomic E-state index is 0.267. The van der Waals surface area contributed by atoms with Crippen molar-refractivity contribution in [3.8, 4) is 0 Å². The van der Waals surface area contributed by atoms with Gasteiger partial charge in [-0.3, -0.25) is 4.79 Å². The van der Waals surface area contributed by atoms with Crippen LogP contribution in [-0.2, 0) is 11.2 Å². The average Bonchev–Trinajstić information content (AvgIpc) is 3.12. The summed E-state index contributed by atoms with van der Waals surface area (Å²) < 4.78 is 2.36. The Hall–Kier alpha value is -2.62. The smallest absolute Gasteiger partial charge is 0.222 e. The van der Waals surface area contributed by atoms with Crippen LogP contribution >= 0.6 is 0 Å². The first-order valence-electron chi connectivity index (χ1n) is 10.8. The van der Waals surface area contributed by atoms with Crippen molar-refractivity contribution in [1.82, 2.24) is 14.5 Å².